The summed E-state index contributed by atoms with van der Waals surface area (Å²) in [5.74, 6) is -1.31. The summed E-state index contributed by atoms with van der Waals surface area (Å²) in [5, 5.41) is 4.65. The van der Waals surface area contributed by atoms with E-state index in [1.807, 2.05) is 0 Å². The lowest BCUT2D eigenvalue weighted by Gasteiger charge is -2.02. The molecule has 0 aliphatic rings. The van der Waals surface area contributed by atoms with Crippen molar-refractivity contribution in [2.45, 2.75) is 0 Å². The van der Waals surface area contributed by atoms with Gasteiger partial charge in [0.1, 0.15) is 11.6 Å². The zero-order chi connectivity index (χ0) is 13.8. The van der Waals surface area contributed by atoms with Crippen LogP contribution >= 0.6 is 23.2 Å². The minimum absolute atomic E-state index is 0.175. The molecule has 0 amide bonds. The van der Waals surface area contributed by atoms with Gasteiger partial charge in [-0.1, -0.05) is 23.2 Å². The predicted octanol–water partition coefficient (Wildman–Crippen LogP) is 4.72. The Bertz CT molecular complexity index is 630. The predicted molar refractivity (Wildman–Crippen MR) is 74.0 cm³/mol. The van der Waals surface area contributed by atoms with Crippen molar-refractivity contribution >= 4 is 35.1 Å². The lowest BCUT2D eigenvalue weighted by molar-refractivity contribution is 0.582. The van der Waals surface area contributed by atoms with Crippen LogP contribution in [-0.2, 0) is 0 Å². The van der Waals surface area contributed by atoms with E-state index >= 15 is 0 Å². The molecule has 19 heavy (non-hydrogen) atoms. The van der Waals surface area contributed by atoms with E-state index in [2.05, 4.69) is 10.5 Å². The van der Waals surface area contributed by atoms with E-state index in [9.17, 15) is 8.78 Å². The van der Waals surface area contributed by atoms with E-state index in [-0.39, 0.29) is 5.56 Å². The average molecular weight is 301 g/mol. The lowest BCUT2D eigenvalue weighted by atomic mass is 10.2. The highest BCUT2D eigenvalue weighted by Gasteiger charge is 2.01. The third-order valence-corrected chi connectivity index (χ3v) is 3.02. The fraction of sp³-hybridized carbons (Fsp3) is 0. The normalized spacial score (nSPS) is 10.9. The first-order valence-corrected chi connectivity index (χ1v) is 6.01. The number of nitrogens with one attached hydrogen (secondary N) is 1. The minimum atomic E-state index is -0.681. The van der Waals surface area contributed by atoms with Gasteiger partial charge in [0.15, 0.2) is 0 Å². The minimum Gasteiger partial charge on any atom is -0.278 e. The van der Waals surface area contributed by atoms with Gasteiger partial charge in [0.05, 0.1) is 21.9 Å². The molecule has 0 saturated heterocycles. The first kappa shape index (κ1) is 13.8. The number of anilines is 1. The second kappa shape index (κ2) is 5.99. The van der Waals surface area contributed by atoms with Crippen molar-refractivity contribution in [3.8, 4) is 0 Å². The van der Waals surface area contributed by atoms with Gasteiger partial charge in [-0.3, -0.25) is 5.43 Å². The molecule has 0 atom stereocenters. The quantitative estimate of drug-likeness (QED) is 0.644. The van der Waals surface area contributed by atoms with Gasteiger partial charge in [0.2, 0.25) is 0 Å². The molecule has 2 nitrogen and oxygen atoms in total. The molecule has 6 heteroatoms. The highest BCUT2D eigenvalue weighted by molar-refractivity contribution is 6.42. The highest BCUT2D eigenvalue weighted by Crippen LogP contribution is 2.24. The summed E-state index contributed by atoms with van der Waals surface area (Å²) in [6.07, 6.45) is 1.25. The molecule has 2 aromatic carbocycles. The largest absolute Gasteiger partial charge is 0.278 e. The van der Waals surface area contributed by atoms with Crippen LogP contribution in [0, 0.1) is 11.6 Å². The van der Waals surface area contributed by atoms with Gasteiger partial charge in [0.25, 0.3) is 0 Å². The molecular weight excluding hydrogens is 293 g/mol. The maximum atomic E-state index is 13.3. The van der Waals surface area contributed by atoms with Gasteiger partial charge in [-0.2, -0.15) is 5.10 Å². The van der Waals surface area contributed by atoms with Crippen molar-refractivity contribution in [3.63, 3.8) is 0 Å². The van der Waals surface area contributed by atoms with Gasteiger partial charge in [0, 0.05) is 11.6 Å². The Hall–Kier alpha value is -1.65. The summed E-state index contributed by atoms with van der Waals surface area (Å²) < 4.78 is 26.0. The topological polar surface area (TPSA) is 24.4 Å². The Balaban J connectivity index is 2.09. The van der Waals surface area contributed by atoms with Crippen LogP contribution in [0.5, 0.6) is 0 Å². The fourth-order valence-corrected chi connectivity index (χ4v) is 1.65. The molecule has 0 saturated carbocycles. The maximum absolute atomic E-state index is 13.3. The van der Waals surface area contributed by atoms with Crippen LogP contribution in [0.4, 0.5) is 14.5 Å². The van der Waals surface area contributed by atoms with Crippen LogP contribution in [0.3, 0.4) is 0 Å². The van der Waals surface area contributed by atoms with E-state index in [4.69, 9.17) is 23.2 Å². The third kappa shape index (κ3) is 3.66. The van der Waals surface area contributed by atoms with Gasteiger partial charge in [-0.05, 0) is 30.3 Å². The molecule has 98 valence electrons. The summed E-state index contributed by atoms with van der Waals surface area (Å²) >= 11 is 11.6. The first-order valence-electron chi connectivity index (χ1n) is 5.25. The number of hydrogen-bond donors (Lipinski definition) is 1. The second-order valence-corrected chi connectivity index (χ2v) is 4.48. The Kier molecular flexibility index (Phi) is 4.35. The monoisotopic (exact) mass is 300 g/mol. The molecule has 0 spiro atoms. The summed E-state index contributed by atoms with van der Waals surface area (Å²) in [6, 6.07) is 8.11. The number of nitrogens with zero attached hydrogens (tertiary/aromatic N) is 1. The van der Waals surface area contributed by atoms with Gasteiger partial charge >= 0.3 is 0 Å². The highest BCUT2D eigenvalue weighted by atomic mass is 35.5. The maximum Gasteiger partial charge on any atom is 0.134 e. The molecule has 1 N–H and O–H groups in total. The number of halogens is 4. The standard InChI is InChI=1S/C13H8Cl2F2N2/c14-11-4-3-10(6-12(11)15)19-18-7-8-1-2-9(16)5-13(8)17/h1-7,19H. The molecule has 0 unspecified atom stereocenters. The van der Waals surface area contributed by atoms with Crippen molar-refractivity contribution in [2.75, 3.05) is 5.43 Å². The molecule has 2 rings (SSSR count). The molecule has 2 aromatic rings. The average Bonchev–Trinajstić information content (AvgIpc) is 2.36. The lowest BCUT2D eigenvalue weighted by Crippen LogP contribution is -1.94. The van der Waals surface area contributed by atoms with Crippen molar-refractivity contribution < 1.29 is 8.78 Å². The van der Waals surface area contributed by atoms with Gasteiger partial charge < -0.3 is 0 Å². The van der Waals surface area contributed by atoms with Crippen molar-refractivity contribution in [2.24, 2.45) is 5.10 Å². The third-order valence-electron chi connectivity index (χ3n) is 2.28. The summed E-state index contributed by atoms with van der Waals surface area (Å²) in [4.78, 5) is 0. The van der Waals surface area contributed by atoms with Crippen LogP contribution in [0.1, 0.15) is 5.56 Å². The number of benzene rings is 2. The van der Waals surface area contributed by atoms with Crippen molar-refractivity contribution in [1.82, 2.24) is 0 Å². The molecule has 0 heterocycles. The molecule has 0 fully saturated rings. The van der Waals surface area contributed by atoms with Crippen LogP contribution in [0.15, 0.2) is 41.5 Å². The van der Waals surface area contributed by atoms with E-state index in [1.54, 1.807) is 18.2 Å². The van der Waals surface area contributed by atoms with Gasteiger partial charge in [-0.15, -0.1) is 0 Å². The van der Waals surface area contributed by atoms with Crippen LogP contribution in [0.25, 0.3) is 0 Å². The summed E-state index contributed by atoms with van der Waals surface area (Å²) in [7, 11) is 0. The smallest absolute Gasteiger partial charge is 0.134 e. The number of rotatable bonds is 3. The Morgan fingerprint density at radius 2 is 1.79 bits per heavy atom. The Labute approximate surface area is 118 Å². The molecule has 0 aliphatic heterocycles. The fourth-order valence-electron chi connectivity index (χ4n) is 1.35. The molecule has 0 radical (unpaired) electrons. The second-order valence-electron chi connectivity index (χ2n) is 3.66. The van der Waals surface area contributed by atoms with Crippen LogP contribution in [0.2, 0.25) is 10.0 Å². The van der Waals surface area contributed by atoms with Crippen molar-refractivity contribution in [1.29, 1.82) is 0 Å². The van der Waals surface area contributed by atoms with E-state index in [1.165, 1.54) is 12.3 Å². The van der Waals surface area contributed by atoms with Crippen molar-refractivity contribution in [3.05, 3.63) is 63.6 Å². The Morgan fingerprint density at radius 3 is 2.47 bits per heavy atom. The van der Waals surface area contributed by atoms with E-state index in [0.29, 0.717) is 15.7 Å². The van der Waals surface area contributed by atoms with E-state index < -0.39 is 11.6 Å². The van der Waals surface area contributed by atoms with Crippen LogP contribution < -0.4 is 5.43 Å². The number of hydrazone groups is 1. The summed E-state index contributed by atoms with van der Waals surface area (Å²) in [5.41, 5.74) is 3.45. The Morgan fingerprint density at radius 1 is 1.00 bits per heavy atom. The van der Waals surface area contributed by atoms with E-state index in [0.717, 1.165) is 12.1 Å². The van der Waals surface area contributed by atoms with Crippen LogP contribution in [-0.4, -0.2) is 6.21 Å². The zero-order valence-corrected chi connectivity index (χ0v) is 11.0. The molecule has 0 bridgehead atoms. The first-order chi connectivity index (χ1) is 9.06. The zero-order valence-electron chi connectivity index (χ0n) is 9.50. The summed E-state index contributed by atoms with van der Waals surface area (Å²) in [6.45, 7) is 0. The molecular formula is C13H8Cl2F2N2. The number of hydrogen-bond acceptors (Lipinski definition) is 2. The molecule has 0 aliphatic carbocycles. The molecule has 0 aromatic heterocycles. The van der Waals surface area contributed by atoms with Gasteiger partial charge in [-0.25, -0.2) is 8.78 Å². The SMILES string of the molecule is Fc1ccc(C=NNc2ccc(Cl)c(Cl)c2)c(F)c1.